The van der Waals surface area contributed by atoms with Crippen molar-refractivity contribution in [2.24, 2.45) is 11.7 Å². The minimum Gasteiger partial charge on any atom is -0.495 e. The quantitative estimate of drug-likeness (QED) is 0.743. The van der Waals surface area contributed by atoms with Crippen molar-refractivity contribution in [3.05, 3.63) is 18.2 Å². The summed E-state index contributed by atoms with van der Waals surface area (Å²) in [5, 5.41) is 2.78. The second-order valence-electron chi connectivity index (χ2n) is 7.44. The van der Waals surface area contributed by atoms with E-state index in [0.717, 1.165) is 19.3 Å². The van der Waals surface area contributed by atoms with Crippen LogP contribution in [0.15, 0.2) is 23.1 Å². The maximum Gasteiger partial charge on any atom is 0.314 e. The molecule has 3 rings (SSSR count). The van der Waals surface area contributed by atoms with Crippen molar-refractivity contribution in [1.29, 1.82) is 0 Å². The molecular formula is C19H28N4O5S. The highest BCUT2D eigenvalue weighted by Gasteiger charge is 2.31. The lowest BCUT2D eigenvalue weighted by molar-refractivity contribution is -0.121. The van der Waals surface area contributed by atoms with E-state index in [0.29, 0.717) is 38.2 Å². The van der Waals surface area contributed by atoms with Gasteiger partial charge in [-0.05, 0) is 43.9 Å². The van der Waals surface area contributed by atoms with Crippen LogP contribution in [0.2, 0.25) is 0 Å². The van der Waals surface area contributed by atoms with Gasteiger partial charge in [-0.3, -0.25) is 4.79 Å². The van der Waals surface area contributed by atoms with Crippen LogP contribution in [0.4, 0.5) is 10.5 Å². The molecule has 0 unspecified atom stereocenters. The zero-order valence-electron chi connectivity index (χ0n) is 16.6. The van der Waals surface area contributed by atoms with Crippen molar-refractivity contribution in [3.63, 3.8) is 0 Å². The average molecular weight is 425 g/mol. The maximum absolute atomic E-state index is 13.1. The largest absolute Gasteiger partial charge is 0.495 e. The number of amides is 3. The molecule has 0 aliphatic carbocycles. The summed E-state index contributed by atoms with van der Waals surface area (Å²) >= 11 is 0. The van der Waals surface area contributed by atoms with Crippen LogP contribution in [0, 0.1) is 5.92 Å². The molecule has 1 aromatic rings. The third-order valence-corrected chi connectivity index (χ3v) is 7.39. The van der Waals surface area contributed by atoms with Crippen LogP contribution in [-0.2, 0) is 14.8 Å². The van der Waals surface area contributed by atoms with Crippen molar-refractivity contribution in [2.75, 3.05) is 38.6 Å². The van der Waals surface area contributed by atoms with Gasteiger partial charge in [0.1, 0.15) is 10.6 Å². The zero-order valence-corrected chi connectivity index (χ0v) is 17.4. The minimum absolute atomic E-state index is 0.0436. The fourth-order valence-corrected chi connectivity index (χ4v) is 5.53. The minimum atomic E-state index is -3.72. The predicted octanol–water partition coefficient (Wildman–Crippen LogP) is 1.60. The van der Waals surface area contributed by atoms with Crippen molar-refractivity contribution >= 4 is 27.6 Å². The standard InChI is InChI=1S/C19H28N4O5S/c1-28-16-8-7-15(12-17(16)29(26,27)23-10-3-2-4-11-23)21-18(24)14-6-5-9-22(13-14)19(20)25/h7-8,12,14H,2-6,9-11,13H2,1H3,(H2,20,25)(H,21,24)/t14-/m0/s1. The molecule has 2 fully saturated rings. The number of nitrogens with zero attached hydrogens (tertiary/aromatic N) is 2. The summed E-state index contributed by atoms with van der Waals surface area (Å²) in [7, 11) is -2.30. The van der Waals surface area contributed by atoms with Gasteiger partial charge in [-0.15, -0.1) is 0 Å². The molecule has 0 bridgehead atoms. The molecule has 2 aliphatic rings. The first-order valence-corrected chi connectivity index (χ1v) is 11.3. The Bertz CT molecular complexity index is 867. The first-order chi connectivity index (χ1) is 13.8. The van der Waals surface area contributed by atoms with E-state index in [4.69, 9.17) is 10.5 Å². The number of primary amides is 1. The molecule has 2 heterocycles. The highest BCUT2D eigenvalue weighted by molar-refractivity contribution is 7.89. The number of nitrogens with two attached hydrogens (primary N) is 1. The van der Waals surface area contributed by atoms with E-state index >= 15 is 0 Å². The number of carbonyl (C=O) groups is 2. The van der Waals surface area contributed by atoms with Gasteiger partial charge >= 0.3 is 6.03 Å². The van der Waals surface area contributed by atoms with Crippen LogP contribution < -0.4 is 15.8 Å². The van der Waals surface area contributed by atoms with E-state index in [1.807, 2.05) is 0 Å². The number of ether oxygens (including phenoxy) is 1. The van der Waals surface area contributed by atoms with Crippen molar-refractivity contribution in [3.8, 4) is 5.75 Å². The molecule has 0 radical (unpaired) electrons. The lowest BCUT2D eigenvalue weighted by atomic mass is 9.97. The second-order valence-corrected chi connectivity index (χ2v) is 9.35. The molecule has 3 N–H and O–H groups in total. The molecule has 0 aromatic heterocycles. The van der Waals surface area contributed by atoms with Crippen LogP contribution in [0.5, 0.6) is 5.75 Å². The van der Waals surface area contributed by atoms with Gasteiger partial charge in [-0.1, -0.05) is 6.42 Å². The molecule has 29 heavy (non-hydrogen) atoms. The highest BCUT2D eigenvalue weighted by atomic mass is 32.2. The highest BCUT2D eigenvalue weighted by Crippen LogP contribution is 2.31. The fraction of sp³-hybridized carbons (Fsp3) is 0.579. The summed E-state index contributed by atoms with van der Waals surface area (Å²) in [6.07, 6.45) is 4.01. The number of methoxy groups -OCH3 is 1. The number of sulfonamides is 1. The van der Waals surface area contributed by atoms with Crippen LogP contribution >= 0.6 is 0 Å². The number of carbonyl (C=O) groups excluding carboxylic acids is 2. The smallest absolute Gasteiger partial charge is 0.314 e. The predicted molar refractivity (Wildman–Crippen MR) is 108 cm³/mol. The topological polar surface area (TPSA) is 122 Å². The van der Waals surface area contributed by atoms with Crippen molar-refractivity contribution < 1.29 is 22.7 Å². The Balaban J connectivity index is 1.79. The number of hydrogen-bond donors (Lipinski definition) is 2. The first kappa shape index (κ1) is 21.4. The lowest BCUT2D eigenvalue weighted by Gasteiger charge is -2.30. The van der Waals surface area contributed by atoms with Gasteiger partial charge in [0.15, 0.2) is 0 Å². The van der Waals surface area contributed by atoms with Crippen molar-refractivity contribution in [2.45, 2.75) is 37.0 Å². The Morgan fingerprint density at radius 1 is 1.14 bits per heavy atom. The van der Waals surface area contributed by atoms with Gasteiger partial charge in [0.05, 0.1) is 13.0 Å². The molecule has 3 amide bonds. The maximum atomic E-state index is 13.1. The molecule has 2 saturated heterocycles. The number of benzene rings is 1. The first-order valence-electron chi connectivity index (χ1n) is 9.86. The number of nitrogens with one attached hydrogen (secondary N) is 1. The number of urea groups is 1. The van der Waals surface area contributed by atoms with Gasteiger partial charge in [-0.2, -0.15) is 4.31 Å². The van der Waals surface area contributed by atoms with E-state index in [9.17, 15) is 18.0 Å². The summed E-state index contributed by atoms with van der Waals surface area (Å²) in [6.45, 7) is 1.76. The summed E-state index contributed by atoms with van der Waals surface area (Å²) in [5.41, 5.74) is 5.70. The molecule has 0 spiro atoms. The van der Waals surface area contributed by atoms with E-state index in [2.05, 4.69) is 5.32 Å². The van der Waals surface area contributed by atoms with Crippen LogP contribution in [0.3, 0.4) is 0 Å². The average Bonchev–Trinajstić information content (AvgIpc) is 2.74. The van der Waals surface area contributed by atoms with Crippen LogP contribution in [0.25, 0.3) is 0 Å². The number of piperidine rings is 2. The van der Waals surface area contributed by atoms with Gasteiger partial charge in [0.25, 0.3) is 0 Å². The molecule has 2 aliphatic heterocycles. The number of rotatable bonds is 5. The second kappa shape index (κ2) is 9.00. The zero-order chi connectivity index (χ0) is 21.0. The van der Waals surface area contributed by atoms with Gasteiger partial charge < -0.3 is 20.7 Å². The van der Waals surface area contributed by atoms with E-state index < -0.39 is 16.1 Å². The monoisotopic (exact) mass is 424 g/mol. The number of likely N-dealkylation sites (tertiary alicyclic amines) is 1. The summed E-state index contributed by atoms with van der Waals surface area (Å²) in [4.78, 5) is 25.6. The third-order valence-electron chi connectivity index (χ3n) is 5.47. The molecule has 0 saturated carbocycles. The van der Waals surface area contributed by atoms with Crippen molar-refractivity contribution in [1.82, 2.24) is 9.21 Å². The Morgan fingerprint density at radius 3 is 2.52 bits per heavy atom. The normalized spacial score (nSPS) is 20.9. The molecular weight excluding hydrogens is 396 g/mol. The molecule has 1 atom stereocenters. The Hall–Kier alpha value is -2.33. The van der Waals surface area contributed by atoms with Gasteiger partial charge in [0.2, 0.25) is 15.9 Å². The van der Waals surface area contributed by atoms with Gasteiger partial charge in [0, 0.05) is 31.9 Å². The molecule has 9 nitrogen and oxygen atoms in total. The van der Waals surface area contributed by atoms with Crippen LogP contribution in [-0.4, -0.2) is 62.9 Å². The lowest BCUT2D eigenvalue weighted by Crippen LogP contribution is -2.46. The Morgan fingerprint density at radius 2 is 1.86 bits per heavy atom. The number of anilines is 1. The van der Waals surface area contributed by atoms with E-state index in [1.165, 1.54) is 22.4 Å². The van der Waals surface area contributed by atoms with E-state index in [-0.39, 0.29) is 29.0 Å². The number of hydrogen-bond acceptors (Lipinski definition) is 5. The fourth-order valence-electron chi connectivity index (χ4n) is 3.84. The molecule has 160 valence electrons. The molecule has 1 aromatic carbocycles. The SMILES string of the molecule is COc1ccc(NC(=O)[C@H]2CCCN(C(N)=O)C2)cc1S(=O)(=O)N1CCCCC1. The van der Waals surface area contributed by atoms with E-state index in [1.54, 1.807) is 12.1 Å². The molecule has 10 heteroatoms. The van der Waals surface area contributed by atoms with Gasteiger partial charge in [-0.25, -0.2) is 13.2 Å². The summed E-state index contributed by atoms with van der Waals surface area (Å²) in [5.74, 6) is -0.408. The summed E-state index contributed by atoms with van der Waals surface area (Å²) in [6, 6.07) is 4.06. The Labute approximate surface area is 171 Å². The third kappa shape index (κ3) is 4.81. The summed E-state index contributed by atoms with van der Waals surface area (Å²) < 4.78 is 32.9. The van der Waals surface area contributed by atoms with Crippen LogP contribution in [0.1, 0.15) is 32.1 Å². The Kier molecular flexibility index (Phi) is 6.63.